The summed E-state index contributed by atoms with van der Waals surface area (Å²) in [4.78, 5) is 5.02. The van der Waals surface area contributed by atoms with Gasteiger partial charge in [0, 0.05) is 40.7 Å². The van der Waals surface area contributed by atoms with Crippen LogP contribution in [0.15, 0.2) is 179 Å². The first kappa shape index (κ1) is 34.2. The lowest BCUT2D eigenvalue weighted by Gasteiger charge is -2.26. The third-order valence-electron chi connectivity index (χ3n) is 12.2. The van der Waals surface area contributed by atoms with Gasteiger partial charge in [-0.2, -0.15) is 0 Å². The fraction of sp³-hybridized carbons (Fsp3) is 0.192. The molecule has 1 aliphatic heterocycles. The minimum absolute atomic E-state index is 0.136. The molecule has 0 amide bonds. The molecule has 10 rings (SSSR count). The monoisotopic (exact) mass is 727 g/mol. The Kier molecular flexibility index (Phi) is 8.63. The predicted molar refractivity (Wildman–Crippen MR) is 233 cm³/mol. The number of aryl methyl sites for hydroxylation is 1. The van der Waals surface area contributed by atoms with Gasteiger partial charge >= 0.3 is 0 Å². The van der Waals surface area contributed by atoms with E-state index in [-0.39, 0.29) is 12.0 Å². The highest BCUT2D eigenvalue weighted by atomic mass is 16.5. The Balaban J connectivity index is 1.01. The molecule has 4 atom stereocenters. The van der Waals surface area contributed by atoms with Crippen molar-refractivity contribution in [1.29, 1.82) is 5.41 Å². The number of aromatic nitrogens is 1. The third kappa shape index (κ3) is 6.10. The summed E-state index contributed by atoms with van der Waals surface area (Å²) in [5.41, 5.74) is 13.0. The van der Waals surface area contributed by atoms with Crippen molar-refractivity contribution in [2.75, 3.05) is 0 Å². The lowest BCUT2D eigenvalue weighted by Crippen LogP contribution is -2.19. The van der Waals surface area contributed by atoms with E-state index in [9.17, 15) is 0 Å². The lowest BCUT2D eigenvalue weighted by molar-refractivity contribution is 0.181. The molecule has 2 heterocycles. The highest BCUT2D eigenvalue weighted by Crippen LogP contribution is 2.48. The summed E-state index contributed by atoms with van der Waals surface area (Å²) in [5, 5.41) is 12.8. The number of nitrogens with zero attached hydrogens (tertiary/aromatic N) is 2. The van der Waals surface area contributed by atoms with Crippen LogP contribution in [-0.2, 0) is 11.2 Å². The number of hydrogen-bond donors (Lipinski definition) is 1. The maximum absolute atomic E-state index is 8.92. The van der Waals surface area contributed by atoms with Crippen LogP contribution in [0.25, 0.3) is 33.4 Å². The van der Waals surface area contributed by atoms with Crippen LogP contribution in [0.2, 0.25) is 0 Å². The van der Waals surface area contributed by atoms with Crippen LogP contribution in [0.1, 0.15) is 54.1 Å². The van der Waals surface area contributed by atoms with Crippen molar-refractivity contribution in [2.45, 2.75) is 45.6 Å². The Morgan fingerprint density at radius 3 is 2.66 bits per heavy atom. The summed E-state index contributed by atoms with van der Waals surface area (Å²) < 4.78 is 9.14. The highest BCUT2D eigenvalue weighted by molar-refractivity contribution is 6.11. The molecule has 1 saturated heterocycles. The van der Waals surface area contributed by atoms with Gasteiger partial charge < -0.3 is 14.7 Å². The van der Waals surface area contributed by atoms with Crippen LogP contribution in [-0.4, -0.2) is 22.6 Å². The normalized spacial score (nSPS) is 22.6. The number of aliphatic imine (C=N–C) groups is 1. The molecule has 1 fully saturated rings. The van der Waals surface area contributed by atoms with Crippen molar-refractivity contribution in [3.8, 4) is 5.69 Å². The molecular formula is C52H45N3O. The van der Waals surface area contributed by atoms with E-state index in [1.807, 2.05) is 24.4 Å². The standard InChI is InChI=1S/C52H45N3O/c1-33-10-7-13-38(28-33)46(53)31-47(39-14-8-11-34(2)29-39)54-32-35-20-24-40(25-21-35)55-48-26-23-37(30-45(48)51-41-15-4-3-12-36(41)22-27-49(51)55)42-17-9-18-44-43-16-5-6-19-50(43)56-52(42)44/h3-7,9-10,12-17,19-29,31-32,37,43-44,50,53H,8,11,18,30H2,1-2H3/b47-31-,53-46?,54-32?. The van der Waals surface area contributed by atoms with Gasteiger partial charge in [0.25, 0.3) is 0 Å². The minimum atomic E-state index is 0.136. The van der Waals surface area contributed by atoms with Gasteiger partial charge in [-0.05, 0) is 121 Å². The zero-order valence-electron chi connectivity index (χ0n) is 32.0. The Bertz CT molecular complexity index is 2720. The SMILES string of the molecule is CC1=CC(/C(=C/C(=N)c2cccc(C)c2)N=Cc2ccc(-n3c4c(c5c6ccccc6ccc53)CC(C3=C5OC6C=CC=CC6C5CC=C3)C=C4)cc2)=CCC1. The number of fused-ring (bicyclic) bond motifs is 8. The van der Waals surface area contributed by atoms with E-state index in [2.05, 4.69) is 152 Å². The summed E-state index contributed by atoms with van der Waals surface area (Å²) >= 11 is 0. The molecule has 0 spiro atoms. The molecule has 4 aliphatic carbocycles. The highest BCUT2D eigenvalue weighted by Gasteiger charge is 2.42. The van der Waals surface area contributed by atoms with Crippen molar-refractivity contribution in [1.82, 2.24) is 4.57 Å². The topological polar surface area (TPSA) is 50.4 Å². The average molecular weight is 728 g/mol. The summed E-state index contributed by atoms with van der Waals surface area (Å²) in [6.45, 7) is 4.24. The quantitative estimate of drug-likeness (QED) is 0.167. The molecule has 5 aliphatic rings. The van der Waals surface area contributed by atoms with Gasteiger partial charge in [0.1, 0.15) is 11.9 Å². The first-order valence-corrected chi connectivity index (χ1v) is 20.0. The van der Waals surface area contributed by atoms with E-state index in [0.29, 0.717) is 17.5 Å². The minimum Gasteiger partial charge on any atom is -0.489 e. The number of benzene rings is 4. The second kappa shape index (κ2) is 14.1. The van der Waals surface area contributed by atoms with E-state index in [0.717, 1.165) is 59.3 Å². The van der Waals surface area contributed by atoms with Crippen LogP contribution in [0.4, 0.5) is 0 Å². The molecule has 4 heteroatoms. The van der Waals surface area contributed by atoms with E-state index < -0.39 is 0 Å². The molecule has 0 bridgehead atoms. The molecule has 1 aromatic heterocycles. The molecule has 0 saturated carbocycles. The maximum Gasteiger partial charge on any atom is 0.124 e. The smallest absolute Gasteiger partial charge is 0.124 e. The summed E-state index contributed by atoms with van der Waals surface area (Å²) in [6.07, 6.45) is 30.8. The largest absolute Gasteiger partial charge is 0.489 e. The summed E-state index contributed by atoms with van der Waals surface area (Å²) in [5.74, 6) is 2.26. The Labute approximate surface area is 329 Å². The molecule has 274 valence electrons. The van der Waals surface area contributed by atoms with Crippen molar-refractivity contribution in [3.63, 3.8) is 0 Å². The van der Waals surface area contributed by atoms with Crippen LogP contribution in [0.3, 0.4) is 0 Å². The zero-order chi connectivity index (χ0) is 37.8. The van der Waals surface area contributed by atoms with Crippen molar-refractivity contribution >= 4 is 39.7 Å². The second-order valence-corrected chi connectivity index (χ2v) is 15.9. The van der Waals surface area contributed by atoms with Gasteiger partial charge in [-0.15, -0.1) is 0 Å². The molecule has 56 heavy (non-hydrogen) atoms. The number of allylic oxidation sites excluding steroid dienone is 11. The van der Waals surface area contributed by atoms with Crippen LogP contribution in [0.5, 0.6) is 0 Å². The van der Waals surface area contributed by atoms with Gasteiger partial charge in [-0.3, -0.25) is 4.99 Å². The first-order valence-electron chi connectivity index (χ1n) is 20.0. The van der Waals surface area contributed by atoms with E-state index in [1.165, 1.54) is 49.8 Å². The van der Waals surface area contributed by atoms with Gasteiger partial charge in [0.2, 0.25) is 0 Å². The Morgan fingerprint density at radius 2 is 1.79 bits per heavy atom. The molecule has 4 aromatic carbocycles. The Hall–Kier alpha value is -6.26. The summed E-state index contributed by atoms with van der Waals surface area (Å²) in [7, 11) is 0. The fourth-order valence-corrected chi connectivity index (χ4v) is 9.41. The molecular weight excluding hydrogens is 683 g/mol. The first-order chi connectivity index (χ1) is 27.5. The van der Waals surface area contributed by atoms with Crippen LogP contribution >= 0.6 is 0 Å². The molecule has 5 aromatic rings. The van der Waals surface area contributed by atoms with Crippen LogP contribution < -0.4 is 0 Å². The van der Waals surface area contributed by atoms with E-state index >= 15 is 0 Å². The molecule has 4 unspecified atom stereocenters. The number of nitrogens with one attached hydrogen (secondary N) is 1. The van der Waals surface area contributed by atoms with E-state index in [1.54, 1.807) is 0 Å². The number of hydrogen-bond acceptors (Lipinski definition) is 3. The molecule has 4 nitrogen and oxygen atoms in total. The molecule has 1 N–H and O–H groups in total. The fourth-order valence-electron chi connectivity index (χ4n) is 9.41. The van der Waals surface area contributed by atoms with Crippen LogP contribution in [0, 0.1) is 30.1 Å². The van der Waals surface area contributed by atoms with Gasteiger partial charge in [0.05, 0.1) is 16.9 Å². The average Bonchev–Trinajstić information content (AvgIpc) is 3.78. The van der Waals surface area contributed by atoms with Gasteiger partial charge in [-0.1, -0.05) is 120 Å². The predicted octanol–water partition coefficient (Wildman–Crippen LogP) is 12.3. The van der Waals surface area contributed by atoms with Gasteiger partial charge in [-0.25, -0.2) is 0 Å². The van der Waals surface area contributed by atoms with Crippen molar-refractivity contribution < 1.29 is 4.74 Å². The Morgan fingerprint density at radius 1 is 0.911 bits per heavy atom. The zero-order valence-corrected chi connectivity index (χ0v) is 32.0. The van der Waals surface area contributed by atoms with Crippen molar-refractivity contribution in [3.05, 3.63) is 202 Å². The maximum atomic E-state index is 8.92. The lowest BCUT2D eigenvalue weighted by atomic mass is 9.77. The van der Waals surface area contributed by atoms with Crippen molar-refractivity contribution in [2.24, 2.45) is 22.7 Å². The van der Waals surface area contributed by atoms with E-state index in [4.69, 9.17) is 15.1 Å². The number of ether oxygens (including phenoxy) is 1. The number of rotatable bonds is 7. The second-order valence-electron chi connectivity index (χ2n) is 15.9. The third-order valence-corrected chi connectivity index (χ3v) is 12.2. The van der Waals surface area contributed by atoms with Gasteiger partial charge in [0.15, 0.2) is 0 Å². The summed E-state index contributed by atoms with van der Waals surface area (Å²) in [6, 6.07) is 30.2. The molecule has 0 radical (unpaired) electrons.